The lowest BCUT2D eigenvalue weighted by atomic mass is 9.81. The molecule has 2 aromatic carbocycles. The van der Waals surface area contributed by atoms with Crippen molar-refractivity contribution < 1.29 is 19.1 Å². The van der Waals surface area contributed by atoms with E-state index in [-0.39, 0.29) is 30.6 Å². The molecule has 2 amide bonds. The second-order valence-electron chi connectivity index (χ2n) is 8.78. The molecule has 3 aromatic rings. The van der Waals surface area contributed by atoms with Crippen LogP contribution in [0.4, 0.5) is 0 Å². The number of ether oxygens (including phenoxy) is 2. The van der Waals surface area contributed by atoms with E-state index in [1.807, 2.05) is 64.9 Å². The van der Waals surface area contributed by atoms with Crippen molar-refractivity contribution in [3.8, 4) is 11.5 Å². The first-order valence-corrected chi connectivity index (χ1v) is 12.0. The summed E-state index contributed by atoms with van der Waals surface area (Å²) >= 11 is 1.58. The van der Waals surface area contributed by atoms with Crippen molar-refractivity contribution in [2.24, 2.45) is 5.92 Å². The van der Waals surface area contributed by atoms with Crippen molar-refractivity contribution in [3.63, 3.8) is 0 Å². The largest absolute Gasteiger partial charge is 0.454 e. The van der Waals surface area contributed by atoms with Gasteiger partial charge in [0.25, 0.3) is 5.91 Å². The number of fused-ring (bicyclic) bond motifs is 2. The van der Waals surface area contributed by atoms with Crippen LogP contribution in [-0.4, -0.2) is 30.1 Å². The molecule has 3 heterocycles. The maximum Gasteiger partial charge on any atom is 0.254 e. The molecule has 1 N–H and O–H groups in total. The molecule has 0 spiro atoms. The van der Waals surface area contributed by atoms with Gasteiger partial charge in [-0.15, -0.1) is 11.3 Å². The van der Waals surface area contributed by atoms with Gasteiger partial charge >= 0.3 is 0 Å². The number of thiophene rings is 1. The van der Waals surface area contributed by atoms with E-state index in [1.165, 1.54) is 0 Å². The molecule has 170 valence electrons. The topological polar surface area (TPSA) is 67.9 Å². The Kier molecular flexibility index (Phi) is 5.81. The van der Waals surface area contributed by atoms with Crippen molar-refractivity contribution in [3.05, 3.63) is 81.5 Å². The van der Waals surface area contributed by atoms with Gasteiger partial charge in [0.05, 0.1) is 12.0 Å². The molecule has 33 heavy (non-hydrogen) atoms. The number of nitrogens with zero attached hydrogens (tertiary/aromatic N) is 1. The molecule has 0 saturated carbocycles. The lowest BCUT2D eigenvalue weighted by Crippen LogP contribution is -2.48. The highest BCUT2D eigenvalue weighted by Gasteiger charge is 2.44. The Hall–Kier alpha value is -3.32. The van der Waals surface area contributed by atoms with Gasteiger partial charge in [-0.2, -0.15) is 0 Å². The minimum absolute atomic E-state index is 0.0162. The molecule has 0 bridgehead atoms. The van der Waals surface area contributed by atoms with Crippen LogP contribution < -0.4 is 14.8 Å². The number of carbonyl (C=O) groups excluding carboxylic acids is 2. The first-order valence-electron chi connectivity index (χ1n) is 11.1. The summed E-state index contributed by atoms with van der Waals surface area (Å²) in [5, 5.41) is 5.11. The summed E-state index contributed by atoms with van der Waals surface area (Å²) in [4.78, 5) is 30.1. The van der Waals surface area contributed by atoms with Crippen molar-refractivity contribution in [2.75, 3.05) is 13.3 Å². The standard InChI is InChI=1S/C26H26N2O4S/c1-16(2)14-28-24(22-8-5-11-33-22)23(18-6-3-4-7-19(18)26(28)30)25(29)27-13-17-9-10-20-21(12-17)32-15-31-20/h3-12,16,23-24H,13-15H2,1-2H3,(H,27,29)/t23-,24+/m0/s1. The van der Waals surface area contributed by atoms with E-state index in [4.69, 9.17) is 9.47 Å². The van der Waals surface area contributed by atoms with E-state index < -0.39 is 5.92 Å². The van der Waals surface area contributed by atoms with Crippen LogP contribution >= 0.6 is 11.3 Å². The van der Waals surface area contributed by atoms with Gasteiger partial charge in [0, 0.05) is 23.5 Å². The van der Waals surface area contributed by atoms with Gasteiger partial charge in [0.1, 0.15) is 0 Å². The van der Waals surface area contributed by atoms with Crippen molar-refractivity contribution >= 4 is 23.2 Å². The number of benzene rings is 2. The van der Waals surface area contributed by atoms with Crippen LogP contribution in [0.25, 0.3) is 0 Å². The maximum atomic E-state index is 13.7. The van der Waals surface area contributed by atoms with Crippen LogP contribution in [0.15, 0.2) is 60.0 Å². The third-order valence-electron chi connectivity index (χ3n) is 6.02. The monoisotopic (exact) mass is 462 g/mol. The first kappa shape index (κ1) is 21.5. The third-order valence-corrected chi connectivity index (χ3v) is 6.96. The SMILES string of the molecule is CC(C)CN1C(=O)c2ccccc2[C@H](C(=O)NCc2ccc3c(c2)OCO3)[C@H]1c1cccs1. The van der Waals surface area contributed by atoms with Crippen LogP contribution in [0, 0.1) is 5.92 Å². The number of hydrogen-bond donors (Lipinski definition) is 1. The van der Waals surface area contributed by atoms with Gasteiger partial charge in [-0.05, 0) is 46.7 Å². The fraction of sp³-hybridized carbons (Fsp3) is 0.308. The van der Waals surface area contributed by atoms with Crippen LogP contribution in [0.3, 0.4) is 0 Å². The number of rotatable bonds is 6. The van der Waals surface area contributed by atoms with Gasteiger partial charge in [-0.3, -0.25) is 9.59 Å². The Morgan fingerprint density at radius 1 is 1.12 bits per heavy atom. The predicted molar refractivity (Wildman–Crippen MR) is 127 cm³/mol. The fourth-order valence-corrected chi connectivity index (χ4v) is 5.47. The van der Waals surface area contributed by atoms with E-state index in [0.29, 0.717) is 30.2 Å². The van der Waals surface area contributed by atoms with Crippen molar-refractivity contribution in [1.29, 1.82) is 0 Å². The van der Waals surface area contributed by atoms with E-state index in [0.717, 1.165) is 16.0 Å². The number of amides is 2. The smallest absolute Gasteiger partial charge is 0.254 e. The Morgan fingerprint density at radius 2 is 1.94 bits per heavy atom. The summed E-state index contributed by atoms with van der Waals surface area (Å²) in [6, 6.07) is 16.8. The Labute approximate surface area is 197 Å². The zero-order valence-electron chi connectivity index (χ0n) is 18.6. The highest BCUT2D eigenvalue weighted by Crippen LogP contribution is 2.44. The van der Waals surface area contributed by atoms with Gasteiger partial charge < -0.3 is 19.7 Å². The van der Waals surface area contributed by atoms with Crippen molar-refractivity contribution in [1.82, 2.24) is 10.2 Å². The average Bonchev–Trinajstić information content (AvgIpc) is 3.50. The molecule has 2 aliphatic rings. The van der Waals surface area contributed by atoms with Gasteiger partial charge in [-0.25, -0.2) is 0 Å². The van der Waals surface area contributed by atoms with Gasteiger partial charge in [-0.1, -0.05) is 44.2 Å². The highest BCUT2D eigenvalue weighted by molar-refractivity contribution is 7.10. The lowest BCUT2D eigenvalue weighted by Gasteiger charge is -2.42. The van der Waals surface area contributed by atoms with E-state index >= 15 is 0 Å². The van der Waals surface area contributed by atoms with E-state index in [9.17, 15) is 9.59 Å². The lowest BCUT2D eigenvalue weighted by molar-refractivity contribution is -0.124. The second-order valence-corrected chi connectivity index (χ2v) is 9.76. The van der Waals surface area contributed by atoms with Crippen LogP contribution in [0.5, 0.6) is 11.5 Å². The molecule has 2 atom stereocenters. The normalized spacial score (nSPS) is 19.0. The summed E-state index contributed by atoms with van der Waals surface area (Å²) in [5.74, 6) is 1.07. The molecule has 0 radical (unpaired) electrons. The van der Waals surface area contributed by atoms with Crippen molar-refractivity contribution in [2.45, 2.75) is 32.4 Å². The molecular weight excluding hydrogens is 436 g/mol. The zero-order chi connectivity index (χ0) is 22.9. The Balaban J connectivity index is 1.48. The molecule has 1 aromatic heterocycles. The molecule has 2 aliphatic heterocycles. The molecule has 6 nitrogen and oxygen atoms in total. The third kappa shape index (κ3) is 4.09. The molecular formula is C26H26N2O4S. The zero-order valence-corrected chi connectivity index (χ0v) is 19.4. The Bertz CT molecular complexity index is 1170. The van der Waals surface area contributed by atoms with E-state index in [1.54, 1.807) is 11.3 Å². The molecule has 0 saturated heterocycles. The Morgan fingerprint density at radius 3 is 2.73 bits per heavy atom. The minimum atomic E-state index is -0.495. The van der Waals surface area contributed by atoms with Gasteiger partial charge in [0.2, 0.25) is 12.7 Å². The minimum Gasteiger partial charge on any atom is -0.454 e. The number of carbonyl (C=O) groups is 2. The number of hydrogen-bond acceptors (Lipinski definition) is 5. The molecule has 0 unspecified atom stereocenters. The quantitative estimate of drug-likeness (QED) is 0.575. The average molecular weight is 463 g/mol. The van der Waals surface area contributed by atoms with E-state index in [2.05, 4.69) is 19.2 Å². The molecule has 5 rings (SSSR count). The first-order chi connectivity index (χ1) is 16.0. The molecule has 0 aliphatic carbocycles. The summed E-state index contributed by atoms with van der Waals surface area (Å²) < 4.78 is 10.8. The summed E-state index contributed by atoms with van der Waals surface area (Å²) in [6.07, 6.45) is 0. The molecule has 7 heteroatoms. The predicted octanol–water partition coefficient (Wildman–Crippen LogP) is 4.73. The summed E-state index contributed by atoms with van der Waals surface area (Å²) in [7, 11) is 0. The second kappa shape index (κ2) is 8.90. The fourth-order valence-electron chi connectivity index (χ4n) is 4.60. The van der Waals surface area contributed by atoms with Gasteiger partial charge in [0.15, 0.2) is 11.5 Å². The maximum absolute atomic E-state index is 13.7. The summed E-state index contributed by atoms with van der Waals surface area (Å²) in [6.45, 7) is 5.35. The van der Waals surface area contributed by atoms with Crippen LogP contribution in [0.2, 0.25) is 0 Å². The molecule has 0 fully saturated rings. The number of nitrogens with one attached hydrogen (secondary N) is 1. The summed E-state index contributed by atoms with van der Waals surface area (Å²) in [5.41, 5.74) is 2.32. The van der Waals surface area contributed by atoms with Crippen LogP contribution in [-0.2, 0) is 11.3 Å². The van der Waals surface area contributed by atoms with Crippen LogP contribution in [0.1, 0.15) is 52.2 Å². The highest BCUT2D eigenvalue weighted by atomic mass is 32.1.